The summed E-state index contributed by atoms with van der Waals surface area (Å²) < 4.78 is 9.41. The Balaban J connectivity index is 0.000000174. The Kier molecular flexibility index (Phi) is 12.9. The van der Waals surface area contributed by atoms with Crippen molar-refractivity contribution in [2.45, 2.75) is 47.8 Å². The number of hydrogen-bond acceptors (Lipinski definition) is 11. The fraction of sp³-hybridized carbons (Fsp3) is 0.282. The number of aliphatic carboxylic acids is 1. The van der Waals surface area contributed by atoms with E-state index in [-0.39, 0.29) is 29.9 Å². The molecule has 0 spiro atoms. The Morgan fingerprint density at radius 1 is 0.667 bits per heavy atom. The van der Waals surface area contributed by atoms with E-state index in [9.17, 15) is 19.2 Å². The van der Waals surface area contributed by atoms with Gasteiger partial charge in [0.2, 0.25) is 21.3 Å². The maximum atomic E-state index is 12.0. The number of methoxy groups -OCH3 is 1. The summed E-state index contributed by atoms with van der Waals surface area (Å²) in [6.45, 7) is -0.553. The second kappa shape index (κ2) is 18.2. The Morgan fingerprint density at radius 2 is 1.09 bits per heavy atom. The topological polar surface area (TPSA) is 183 Å². The van der Waals surface area contributed by atoms with Gasteiger partial charge < -0.3 is 20.5 Å². The number of aromatic nitrogens is 6. The van der Waals surface area contributed by atoms with Crippen LogP contribution >= 0.6 is 55.4 Å². The van der Waals surface area contributed by atoms with Crippen molar-refractivity contribution in [2.75, 3.05) is 31.7 Å². The number of thioether (sulfide) groups is 2. The van der Waals surface area contributed by atoms with Crippen molar-refractivity contribution in [1.29, 1.82) is 0 Å². The first kappa shape index (κ1) is 40.4. The SMILES string of the molecule is COC(=O)CNC(=O)CSc1nnc(Br)n1-c1ccc(C2CC2)c2ccccc12.O=C(O)CNC(=O)CSc1nnc(Br)n1-c1ccc(C2CC2)c2ccccc12. The summed E-state index contributed by atoms with van der Waals surface area (Å²) in [4.78, 5) is 45.6. The van der Waals surface area contributed by atoms with Crippen LogP contribution in [0.25, 0.3) is 32.9 Å². The number of carboxylic acids is 1. The zero-order chi connectivity index (χ0) is 40.1. The zero-order valence-corrected chi connectivity index (χ0v) is 35.3. The van der Waals surface area contributed by atoms with Gasteiger partial charge in [0.1, 0.15) is 13.1 Å². The Bertz CT molecular complexity index is 2490. The molecule has 0 atom stereocenters. The van der Waals surface area contributed by atoms with E-state index >= 15 is 0 Å². The van der Waals surface area contributed by atoms with Crippen molar-refractivity contribution in [3.05, 3.63) is 93.4 Å². The Labute approximate surface area is 352 Å². The molecule has 18 heteroatoms. The molecule has 57 heavy (non-hydrogen) atoms. The first-order valence-electron chi connectivity index (χ1n) is 18.0. The Hall–Kier alpha value is -4.78. The third-order valence-corrected chi connectivity index (χ3v) is 12.2. The molecule has 2 heterocycles. The van der Waals surface area contributed by atoms with Gasteiger partial charge in [-0.2, -0.15) is 0 Å². The van der Waals surface area contributed by atoms with Crippen LogP contribution < -0.4 is 10.6 Å². The van der Waals surface area contributed by atoms with Gasteiger partial charge in [0, 0.05) is 10.8 Å². The molecule has 0 aliphatic heterocycles. The number of halogens is 2. The second-order valence-electron chi connectivity index (χ2n) is 13.3. The van der Waals surface area contributed by atoms with Crippen LogP contribution in [0.15, 0.2) is 92.6 Å². The normalized spacial score (nSPS) is 13.5. The van der Waals surface area contributed by atoms with E-state index in [4.69, 9.17) is 5.11 Å². The lowest BCUT2D eigenvalue weighted by Crippen LogP contribution is -2.31. The molecule has 294 valence electrons. The molecular weight excluding hydrogens is 900 g/mol. The number of esters is 1. The van der Waals surface area contributed by atoms with Crippen molar-refractivity contribution in [2.24, 2.45) is 0 Å². The number of rotatable bonds is 14. The highest BCUT2D eigenvalue weighted by Crippen LogP contribution is 2.45. The van der Waals surface area contributed by atoms with Crippen molar-refractivity contribution in [1.82, 2.24) is 40.2 Å². The van der Waals surface area contributed by atoms with Crippen LogP contribution in [0.1, 0.15) is 48.6 Å². The van der Waals surface area contributed by atoms with Crippen molar-refractivity contribution >= 4 is 101 Å². The summed E-state index contributed by atoms with van der Waals surface area (Å²) in [6, 6.07) is 25.1. The molecule has 0 radical (unpaired) electrons. The van der Waals surface area contributed by atoms with Crippen LogP contribution in [0.5, 0.6) is 0 Å². The minimum Gasteiger partial charge on any atom is -0.480 e. The van der Waals surface area contributed by atoms with E-state index in [1.165, 1.54) is 78.2 Å². The molecule has 6 aromatic rings. The molecule has 0 bridgehead atoms. The molecule has 2 saturated carbocycles. The van der Waals surface area contributed by atoms with Crippen molar-refractivity contribution in [3.8, 4) is 11.4 Å². The third kappa shape index (κ3) is 9.68. The highest BCUT2D eigenvalue weighted by Gasteiger charge is 2.28. The van der Waals surface area contributed by atoms with E-state index in [2.05, 4.69) is 122 Å². The fourth-order valence-corrected chi connectivity index (χ4v) is 9.04. The molecule has 2 aliphatic carbocycles. The zero-order valence-electron chi connectivity index (χ0n) is 30.5. The van der Waals surface area contributed by atoms with Crippen molar-refractivity contribution < 1.29 is 29.0 Å². The standard InChI is InChI=1S/C20H19BrN4O3S.C19H17BrN4O3S/c1-28-18(27)10-22-17(26)11-29-20-24-23-19(21)25(20)16-9-8-13(12-6-7-12)14-4-2-3-5-15(14)16;20-18-22-23-19(28-10-16(25)21-9-17(26)27)24(18)15-8-7-12(11-5-6-11)13-3-1-2-4-14(13)15/h2-5,8-9,12H,6-7,10-11H2,1H3,(H,22,26);1-4,7-8,11H,5-6,9-10H2,(H,21,25)(H,26,27). The van der Waals surface area contributed by atoms with E-state index in [1.807, 2.05) is 27.3 Å². The monoisotopic (exact) mass is 934 g/mol. The number of carbonyl (C=O) groups is 4. The number of benzene rings is 4. The lowest BCUT2D eigenvalue weighted by Gasteiger charge is -2.14. The fourth-order valence-electron chi connectivity index (χ4n) is 6.38. The molecule has 0 saturated heterocycles. The van der Waals surface area contributed by atoms with E-state index in [0.29, 0.717) is 31.6 Å². The number of fused-ring (bicyclic) bond motifs is 2. The van der Waals surface area contributed by atoms with Crippen molar-refractivity contribution in [3.63, 3.8) is 0 Å². The maximum Gasteiger partial charge on any atom is 0.325 e. The summed E-state index contributed by atoms with van der Waals surface area (Å²) in [5.41, 5.74) is 4.64. The smallest absolute Gasteiger partial charge is 0.325 e. The van der Waals surface area contributed by atoms with Gasteiger partial charge in [0.25, 0.3) is 0 Å². The molecule has 2 fully saturated rings. The number of ether oxygens (including phenoxy) is 1. The van der Waals surface area contributed by atoms with Gasteiger partial charge in [0.05, 0.1) is 30.0 Å². The largest absolute Gasteiger partial charge is 0.480 e. The lowest BCUT2D eigenvalue weighted by atomic mass is 9.99. The number of nitrogens with one attached hydrogen (secondary N) is 2. The molecular formula is C39H36Br2N8O6S2. The van der Waals surface area contributed by atoms with E-state index < -0.39 is 18.5 Å². The number of nitrogens with zero attached hydrogens (tertiary/aromatic N) is 6. The molecule has 4 aromatic carbocycles. The van der Waals surface area contributed by atoms with Gasteiger partial charge in [-0.05, 0) is 103 Å². The molecule has 3 N–H and O–H groups in total. The van der Waals surface area contributed by atoms with Crippen LogP contribution in [0.3, 0.4) is 0 Å². The molecule has 2 aromatic heterocycles. The quantitative estimate of drug-likeness (QED) is 0.0769. The van der Waals surface area contributed by atoms with Gasteiger partial charge in [-0.25, -0.2) is 0 Å². The highest BCUT2D eigenvalue weighted by atomic mass is 79.9. The number of amides is 2. The van der Waals surface area contributed by atoms with Gasteiger partial charge in [-0.15, -0.1) is 20.4 Å². The summed E-state index contributed by atoms with van der Waals surface area (Å²) in [7, 11) is 1.28. The minimum absolute atomic E-state index is 0.0521. The third-order valence-electron chi connectivity index (χ3n) is 9.33. The Morgan fingerprint density at radius 3 is 1.49 bits per heavy atom. The van der Waals surface area contributed by atoms with Gasteiger partial charge in [0.15, 0.2) is 10.3 Å². The molecule has 2 amide bonds. The molecule has 14 nitrogen and oxygen atoms in total. The first-order valence-corrected chi connectivity index (χ1v) is 21.5. The number of carbonyl (C=O) groups excluding carboxylic acids is 3. The molecule has 0 unspecified atom stereocenters. The van der Waals surface area contributed by atoms with Crippen LogP contribution in [-0.4, -0.2) is 90.1 Å². The minimum atomic E-state index is -1.08. The van der Waals surface area contributed by atoms with E-state index in [0.717, 1.165) is 22.1 Å². The predicted molar refractivity (Wildman–Crippen MR) is 224 cm³/mol. The van der Waals surface area contributed by atoms with Gasteiger partial charge in [-0.1, -0.05) is 84.2 Å². The summed E-state index contributed by atoms with van der Waals surface area (Å²) in [5.74, 6) is -0.771. The van der Waals surface area contributed by atoms with Crippen LogP contribution in [0, 0.1) is 0 Å². The highest BCUT2D eigenvalue weighted by molar-refractivity contribution is 9.10. The summed E-state index contributed by atoms with van der Waals surface area (Å²) in [5, 5.41) is 36.0. The van der Waals surface area contributed by atoms with Gasteiger partial charge in [-0.3, -0.25) is 28.3 Å². The van der Waals surface area contributed by atoms with Crippen LogP contribution in [-0.2, 0) is 23.9 Å². The van der Waals surface area contributed by atoms with Crippen LogP contribution in [0.4, 0.5) is 0 Å². The number of carboxylic acid groups (broad SMARTS) is 1. The number of hydrogen-bond donors (Lipinski definition) is 3. The van der Waals surface area contributed by atoms with Crippen LogP contribution in [0.2, 0.25) is 0 Å². The average Bonchev–Trinajstić information content (AvgIpc) is 4.17. The summed E-state index contributed by atoms with van der Waals surface area (Å²) in [6.07, 6.45) is 4.93. The maximum absolute atomic E-state index is 12.0. The predicted octanol–water partition coefficient (Wildman–Crippen LogP) is 6.80. The summed E-state index contributed by atoms with van der Waals surface area (Å²) >= 11 is 9.40. The molecule has 8 rings (SSSR count). The second-order valence-corrected chi connectivity index (χ2v) is 16.6. The molecule has 2 aliphatic rings. The van der Waals surface area contributed by atoms with E-state index in [1.54, 1.807) is 0 Å². The first-order chi connectivity index (χ1) is 27.6. The lowest BCUT2D eigenvalue weighted by molar-refractivity contribution is -0.141. The average molecular weight is 937 g/mol. The van der Waals surface area contributed by atoms with Gasteiger partial charge >= 0.3 is 11.9 Å².